The third-order valence-corrected chi connectivity index (χ3v) is 4.14. The number of methoxy groups -OCH3 is 2. The molecule has 21 heavy (non-hydrogen) atoms. The van der Waals surface area contributed by atoms with E-state index in [0.717, 1.165) is 29.9 Å². The number of amides is 1. The number of hydrogen-bond donors (Lipinski definition) is 1. The van der Waals surface area contributed by atoms with Crippen molar-refractivity contribution >= 4 is 5.91 Å². The van der Waals surface area contributed by atoms with Crippen molar-refractivity contribution in [3.05, 3.63) is 23.8 Å². The van der Waals surface area contributed by atoms with Crippen molar-refractivity contribution < 1.29 is 14.3 Å². The van der Waals surface area contributed by atoms with E-state index in [1.165, 1.54) is 12.8 Å². The zero-order valence-corrected chi connectivity index (χ0v) is 13.1. The van der Waals surface area contributed by atoms with Gasteiger partial charge in [0.05, 0.1) is 20.6 Å². The van der Waals surface area contributed by atoms with Gasteiger partial charge < -0.3 is 14.8 Å². The van der Waals surface area contributed by atoms with Gasteiger partial charge in [-0.25, -0.2) is 0 Å². The van der Waals surface area contributed by atoms with Crippen molar-refractivity contribution in [1.82, 2.24) is 5.32 Å². The molecule has 0 aliphatic heterocycles. The Morgan fingerprint density at radius 1 is 1.29 bits per heavy atom. The van der Waals surface area contributed by atoms with Gasteiger partial charge in [0.2, 0.25) is 5.91 Å². The number of nitrogens with one attached hydrogen (secondary N) is 1. The second-order valence-electron chi connectivity index (χ2n) is 5.89. The van der Waals surface area contributed by atoms with Crippen molar-refractivity contribution in [3.8, 4) is 11.5 Å². The normalized spacial score (nSPS) is 21.7. The van der Waals surface area contributed by atoms with Crippen LogP contribution in [0.4, 0.5) is 0 Å². The van der Waals surface area contributed by atoms with Gasteiger partial charge in [-0.15, -0.1) is 0 Å². The largest absolute Gasteiger partial charge is 0.497 e. The minimum atomic E-state index is 0.0562. The van der Waals surface area contributed by atoms with Crippen molar-refractivity contribution in [2.45, 2.75) is 45.1 Å². The molecule has 1 aromatic rings. The Bertz CT molecular complexity index is 487. The van der Waals surface area contributed by atoms with Crippen molar-refractivity contribution in [1.29, 1.82) is 0 Å². The molecule has 0 spiro atoms. The number of carbonyl (C=O) groups excluding carboxylic acids is 1. The van der Waals surface area contributed by atoms with Crippen molar-refractivity contribution in [3.63, 3.8) is 0 Å². The maximum absolute atomic E-state index is 12.2. The monoisotopic (exact) mass is 291 g/mol. The van der Waals surface area contributed by atoms with Crippen LogP contribution >= 0.6 is 0 Å². The zero-order valence-electron chi connectivity index (χ0n) is 13.1. The maximum atomic E-state index is 12.2. The molecular formula is C17H25NO3. The van der Waals surface area contributed by atoms with E-state index in [-0.39, 0.29) is 5.91 Å². The summed E-state index contributed by atoms with van der Waals surface area (Å²) < 4.78 is 10.5. The van der Waals surface area contributed by atoms with Crippen LogP contribution in [0.5, 0.6) is 11.5 Å². The van der Waals surface area contributed by atoms with Crippen LogP contribution in [0.1, 0.15) is 38.2 Å². The SMILES string of the molecule is COc1ccc(OC)c(CC(=O)NC2CCCC(C)C2)c1. The van der Waals surface area contributed by atoms with E-state index in [1.807, 2.05) is 18.2 Å². The molecule has 1 N–H and O–H groups in total. The molecule has 2 rings (SSSR count). The van der Waals surface area contributed by atoms with Crippen LogP contribution in [0.2, 0.25) is 0 Å². The van der Waals surface area contributed by atoms with Crippen LogP contribution in [0.3, 0.4) is 0 Å². The smallest absolute Gasteiger partial charge is 0.224 e. The first-order valence-corrected chi connectivity index (χ1v) is 7.62. The number of hydrogen-bond acceptors (Lipinski definition) is 3. The fourth-order valence-corrected chi connectivity index (χ4v) is 3.04. The molecular weight excluding hydrogens is 266 g/mol. The minimum Gasteiger partial charge on any atom is -0.497 e. The van der Waals surface area contributed by atoms with Gasteiger partial charge in [-0.3, -0.25) is 4.79 Å². The Kier molecular flexibility index (Phi) is 5.48. The first-order valence-electron chi connectivity index (χ1n) is 7.62. The first-order chi connectivity index (χ1) is 10.1. The van der Waals surface area contributed by atoms with Gasteiger partial charge in [-0.2, -0.15) is 0 Å². The third-order valence-electron chi connectivity index (χ3n) is 4.14. The summed E-state index contributed by atoms with van der Waals surface area (Å²) in [6, 6.07) is 5.85. The van der Waals surface area contributed by atoms with Crippen LogP contribution in [0.25, 0.3) is 0 Å². The minimum absolute atomic E-state index is 0.0562. The molecule has 1 amide bonds. The molecule has 2 atom stereocenters. The van der Waals surface area contributed by atoms with Gasteiger partial charge in [-0.05, 0) is 37.0 Å². The molecule has 1 saturated carbocycles. The Morgan fingerprint density at radius 2 is 2.10 bits per heavy atom. The lowest BCUT2D eigenvalue weighted by molar-refractivity contribution is -0.121. The van der Waals surface area contributed by atoms with Crippen LogP contribution in [-0.2, 0) is 11.2 Å². The lowest BCUT2D eigenvalue weighted by atomic mass is 9.87. The third kappa shape index (κ3) is 4.38. The highest BCUT2D eigenvalue weighted by Crippen LogP contribution is 2.26. The van der Waals surface area contributed by atoms with Gasteiger partial charge in [-0.1, -0.05) is 19.8 Å². The van der Waals surface area contributed by atoms with Gasteiger partial charge >= 0.3 is 0 Å². The van der Waals surface area contributed by atoms with E-state index >= 15 is 0 Å². The van der Waals surface area contributed by atoms with E-state index in [0.29, 0.717) is 18.4 Å². The van der Waals surface area contributed by atoms with Crippen LogP contribution in [-0.4, -0.2) is 26.2 Å². The predicted molar refractivity (Wildman–Crippen MR) is 82.8 cm³/mol. The molecule has 0 aromatic heterocycles. The molecule has 1 aromatic carbocycles. The Balaban J connectivity index is 1.98. The Hall–Kier alpha value is -1.71. The number of ether oxygens (including phenoxy) is 2. The molecule has 4 heteroatoms. The Morgan fingerprint density at radius 3 is 2.76 bits per heavy atom. The number of rotatable bonds is 5. The molecule has 0 saturated heterocycles. The van der Waals surface area contributed by atoms with Gasteiger partial charge in [0.1, 0.15) is 11.5 Å². The molecule has 2 unspecified atom stereocenters. The average Bonchev–Trinajstić information content (AvgIpc) is 2.47. The zero-order chi connectivity index (χ0) is 15.2. The van der Waals surface area contributed by atoms with Gasteiger partial charge in [0.25, 0.3) is 0 Å². The standard InChI is InChI=1S/C17H25NO3/c1-12-5-4-6-14(9-12)18-17(19)11-13-10-15(20-2)7-8-16(13)21-3/h7-8,10,12,14H,4-6,9,11H2,1-3H3,(H,18,19). The molecule has 1 fully saturated rings. The summed E-state index contributed by atoms with van der Waals surface area (Å²) in [5.41, 5.74) is 0.859. The summed E-state index contributed by atoms with van der Waals surface area (Å²) in [5.74, 6) is 2.23. The summed E-state index contributed by atoms with van der Waals surface area (Å²) in [6.45, 7) is 2.25. The lowest BCUT2D eigenvalue weighted by Gasteiger charge is -2.27. The quantitative estimate of drug-likeness (QED) is 0.907. The summed E-state index contributed by atoms with van der Waals surface area (Å²) >= 11 is 0. The fourth-order valence-electron chi connectivity index (χ4n) is 3.04. The highest BCUT2D eigenvalue weighted by molar-refractivity contribution is 5.79. The van der Waals surface area contributed by atoms with E-state index in [9.17, 15) is 4.79 Å². The highest BCUT2D eigenvalue weighted by atomic mass is 16.5. The summed E-state index contributed by atoms with van der Waals surface area (Å²) in [4.78, 5) is 12.2. The average molecular weight is 291 g/mol. The number of benzene rings is 1. The molecule has 1 aliphatic rings. The molecule has 0 radical (unpaired) electrons. The molecule has 0 bridgehead atoms. The van der Waals surface area contributed by atoms with Crippen molar-refractivity contribution in [2.24, 2.45) is 5.92 Å². The molecule has 1 aliphatic carbocycles. The topological polar surface area (TPSA) is 47.6 Å². The summed E-state index contributed by atoms with van der Waals surface area (Å²) in [6.07, 6.45) is 4.97. The van der Waals surface area contributed by atoms with E-state index in [4.69, 9.17) is 9.47 Å². The second-order valence-corrected chi connectivity index (χ2v) is 5.89. The maximum Gasteiger partial charge on any atom is 0.224 e. The predicted octanol–water partition coefficient (Wildman–Crippen LogP) is 2.94. The lowest BCUT2D eigenvalue weighted by Crippen LogP contribution is -2.38. The van der Waals surface area contributed by atoms with Crippen LogP contribution < -0.4 is 14.8 Å². The van der Waals surface area contributed by atoms with Crippen molar-refractivity contribution in [2.75, 3.05) is 14.2 Å². The van der Waals surface area contributed by atoms with Crippen LogP contribution in [0.15, 0.2) is 18.2 Å². The van der Waals surface area contributed by atoms with Gasteiger partial charge in [0.15, 0.2) is 0 Å². The fraction of sp³-hybridized carbons (Fsp3) is 0.588. The van der Waals surface area contributed by atoms with E-state index in [1.54, 1.807) is 14.2 Å². The number of carbonyl (C=O) groups is 1. The molecule has 0 heterocycles. The van der Waals surface area contributed by atoms with Gasteiger partial charge in [0, 0.05) is 11.6 Å². The first kappa shape index (κ1) is 15.7. The highest BCUT2D eigenvalue weighted by Gasteiger charge is 2.21. The van der Waals surface area contributed by atoms with Crippen LogP contribution in [0, 0.1) is 5.92 Å². The van der Waals surface area contributed by atoms with E-state index in [2.05, 4.69) is 12.2 Å². The molecule has 116 valence electrons. The Labute approximate surface area is 126 Å². The van der Waals surface area contributed by atoms with E-state index < -0.39 is 0 Å². The molecule has 4 nitrogen and oxygen atoms in total. The second kappa shape index (κ2) is 7.34. The summed E-state index contributed by atoms with van der Waals surface area (Å²) in [5, 5.41) is 3.15. The summed E-state index contributed by atoms with van der Waals surface area (Å²) in [7, 11) is 3.24.